The van der Waals surface area contributed by atoms with Crippen LogP contribution in [0.2, 0.25) is 0 Å². The first kappa shape index (κ1) is 14.0. The highest BCUT2D eigenvalue weighted by Gasteiger charge is 2.09. The van der Waals surface area contributed by atoms with Crippen LogP contribution in [0.15, 0.2) is 47.4 Å². The zero-order chi connectivity index (χ0) is 14.8. The maximum absolute atomic E-state index is 5.94. The van der Waals surface area contributed by atoms with E-state index < -0.39 is 0 Å². The summed E-state index contributed by atoms with van der Waals surface area (Å²) in [4.78, 5) is 2.60. The maximum Gasteiger partial charge on any atom is 0.150 e. The fourth-order valence-corrected chi connectivity index (χ4v) is 3.15. The Balaban J connectivity index is 1.93. The molecule has 0 amide bonds. The Labute approximate surface area is 129 Å². The summed E-state index contributed by atoms with van der Waals surface area (Å²) in [5.74, 6) is 0.818. The van der Waals surface area contributed by atoms with Crippen LogP contribution in [0.3, 0.4) is 0 Å². The van der Waals surface area contributed by atoms with Crippen LogP contribution in [0.25, 0.3) is 27.1 Å². The normalized spacial score (nSPS) is 11.0. The lowest BCUT2D eigenvalue weighted by atomic mass is 10.1. The Morgan fingerprint density at radius 2 is 2.10 bits per heavy atom. The summed E-state index contributed by atoms with van der Waals surface area (Å²) < 4.78 is 5.94. The van der Waals surface area contributed by atoms with Crippen molar-refractivity contribution in [2.45, 2.75) is 20.3 Å². The molecular weight excluding hydrogens is 278 g/mol. The van der Waals surface area contributed by atoms with Crippen molar-refractivity contribution in [1.82, 2.24) is 5.32 Å². The summed E-state index contributed by atoms with van der Waals surface area (Å²) >= 11 is 1.80. The molecule has 2 nitrogen and oxygen atoms in total. The van der Waals surface area contributed by atoms with Gasteiger partial charge in [0.2, 0.25) is 0 Å². The van der Waals surface area contributed by atoms with Gasteiger partial charge in [-0.1, -0.05) is 25.6 Å². The highest BCUT2D eigenvalue weighted by molar-refractivity contribution is 7.15. The lowest BCUT2D eigenvalue weighted by molar-refractivity contribution is 0.591. The molecule has 0 aliphatic rings. The zero-order valence-electron chi connectivity index (χ0n) is 12.4. The lowest BCUT2D eigenvalue weighted by Gasteiger charge is -2.04. The second-order valence-corrected chi connectivity index (χ2v) is 6.47. The van der Waals surface area contributed by atoms with Crippen molar-refractivity contribution in [3.05, 3.63) is 53.6 Å². The first-order valence-corrected chi connectivity index (χ1v) is 8.02. The molecule has 21 heavy (non-hydrogen) atoms. The maximum atomic E-state index is 5.94. The number of thiophene rings is 1. The van der Waals surface area contributed by atoms with Crippen LogP contribution < -0.4 is 5.32 Å². The molecule has 0 saturated heterocycles. The van der Waals surface area contributed by atoms with Crippen LogP contribution in [0, 0.1) is 6.92 Å². The summed E-state index contributed by atoms with van der Waals surface area (Å²) in [6, 6.07) is 12.7. The number of nitrogens with one attached hydrogen (secondary N) is 1. The molecule has 2 heterocycles. The largest absolute Gasteiger partial charge is 0.455 e. The van der Waals surface area contributed by atoms with Crippen LogP contribution in [0.1, 0.15) is 24.0 Å². The molecule has 0 aliphatic heterocycles. The average molecular weight is 297 g/mol. The second kappa shape index (κ2) is 5.78. The monoisotopic (exact) mass is 297 g/mol. The summed E-state index contributed by atoms with van der Waals surface area (Å²) in [5, 5.41) is 4.39. The van der Waals surface area contributed by atoms with Crippen molar-refractivity contribution in [3.63, 3.8) is 0 Å². The van der Waals surface area contributed by atoms with E-state index in [9.17, 15) is 0 Å². The van der Waals surface area contributed by atoms with Crippen molar-refractivity contribution in [2.75, 3.05) is 6.54 Å². The number of fused-ring (bicyclic) bond motifs is 1. The topological polar surface area (TPSA) is 25.2 Å². The van der Waals surface area contributed by atoms with Crippen molar-refractivity contribution < 1.29 is 4.42 Å². The van der Waals surface area contributed by atoms with Gasteiger partial charge in [-0.15, -0.1) is 11.3 Å². The molecule has 2 aromatic heterocycles. The molecule has 3 aromatic rings. The molecule has 0 fully saturated rings. The van der Waals surface area contributed by atoms with Gasteiger partial charge in [0.1, 0.15) is 5.58 Å². The summed E-state index contributed by atoms with van der Waals surface area (Å²) in [6.07, 6.45) is 1.07. The Hall–Kier alpha value is -2.00. The molecule has 0 atom stereocenters. The smallest absolute Gasteiger partial charge is 0.150 e. The summed E-state index contributed by atoms with van der Waals surface area (Å²) in [6.45, 7) is 9.21. The predicted molar refractivity (Wildman–Crippen MR) is 91.6 cm³/mol. The highest BCUT2D eigenvalue weighted by atomic mass is 32.1. The summed E-state index contributed by atoms with van der Waals surface area (Å²) in [5.41, 5.74) is 2.96. The van der Waals surface area contributed by atoms with Crippen molar-refractivity contribution in [3.8, 4) is 10.4 Å². The van der Waals surface area contributed by atoms with Gasteiger partial charge in [0.05, 0.1) is 5.70 Å². The van der Waals surface area contributed by atoms with Gasteiger partial charge in [-0.05, 0) is 43.2 Å². The van der Waals surface area contributed by atoms with Crippen LogP contribution in [0.4, 0.5) is 0 Å². The Kier molecular flexibility index (Phi) is 3.84. The second-order valence-electron chi connectivity index (χ2n) is 5.18. The van der Waals surface area contributed by atoms with Crippen LogP contribution in [-0.2, 0) is 0 Å². The van der Waals surface area contributed by atoms with Crippen molar-refractivity contribution >= 4 is 28.0 Å². The molecule has 1 N–H and O–H groups in total. The van der Waals surface area contributed by atoms with E-state index in [4.69, 9.17) is 4.42 Å². The van der Waals surface area contributed by atoms with Gasteiger partial charge in [0.25, 0.3) is 0 Å². The Morgan fingerprint density at radius 3 is 2.81 bits per heavy atom. The average Bonchev–Trinajstić information content (AvgIpc) is 3.09. The number of furan rings is 1. The standard InChI is InChI=1S/C18H19NOS/c1-4-9-19-13(3)16-10-14-6-7-15(11-17(14)20-16)18-8-5-12(2)21-18/h5-8,10-11,19H,3-4,9H2,1-2H3. The fraction of sp³-hybridized carbons (Fsp3) is 0.222. The SMILES string of the molecule is C=C(NCCC)c1cc2ccc(-c3ccc(C)s3)cc2o1. The van der Waals surface area contributed by atoms with E-state index in [2.05, 4.69) is 56.1 Å². The van der Waals surface area contributed by atoms with Crippen LogP contribution >= 0.6 is 11.3 Å². The number of hydrogen-bond acceptors (Lipinski definition) is 3. The molecule has 0 saturated carbocycles. The van der Waals surface area contributed by atoms with Gasteiger partial charge in [0.15, 0.2) is 5.76 Å². The molecule has 0 unspecified atom stereocenters. The van der Waals surface area contributed by atoms with E-state index >= 15 is 0 Å². The molecule has 0 radical (unpaired) electrons. The number of benzene rings is 1. The molecule has 3 rings (SSSR count). The molecule has 0 bridgehead atoms. The molecule has 3 heteroatoms. The number of rotatable bonds is 5. The van der Waals surface area contributed by atoms with E-state index in [1.165, 1.54) is 15.3 Å². The third-order valence-electron chi connectivity index (χ3n) is 3.43. The minimum atomic E-state index is 0.818. The Morgan fingerprint density at radius 1 is 1.24 bits per heavy atom. The fourth-order valence-electron chi connectivity index (χ4n) is 2.29. The van der Waals surface area contributed by atoms with E-state index in [1.54, 1.807) is 11.3 Å². The van der Waals surface area contributed by atoms with Crippen LogP contribution in [0.5, 0.6) is 0 Å². The minimum absolute atomic E-state index is 0.818. The molecule has 1 aromatic carbocycles. The van der Waals surface area contributed by atoms with Crippen molar-refractivity contribution in [1.29, 1.82) is 0 Å². The van der Waals surface area contributed by atoms with Gasteiger partial charge in [-0.2, -0.15) is 0 Å². The van der Waals surface area contributed by atoms with Gasteiger partial charge in [0, 0.05) is 21.7 Å². The van der Waals surface area contributed by atoms with Gasteiger partial charge in [-0.3, -0.25) is 0 Å². The molecular formula is C18H19NOS. The van der Waals surface area contributed by atoms with Crippen LogP contribution in [-0.4, -0.2) is 6.54 Å². The van der Waals surface area contributed by atoms with E-state index in [1.807, 2.05) is 6.07 Å². The quantitative estimate of drug-likeness (QED) is 0.678. The summed E-state index contributed by atoms with van der Waals surface area (Å²) in [7, 11) is 0. The van der Waals surface area contributed by atoms with E-state index in [-0.39, 0.29) is 0 Å². The van der Waals surface area contributed by atoms with Crippen molar-refractivity contribution in [2.24, 2.45) is 0 Å². The molecule has 0 aliphatic carbocycles. The minimum Gasteiger partial charge on any atom is -0.455 e. The van der Waals surface area contributed by atoms with Gasteiger partial charge >= 0.3 is 0 Å². The predicted octanol–water partition coefficient (Wildman–Crippen LogP) is 5.44. The molecule has 0 spiro atoms. The van der Waals surface area contributed by atoms with E-state index in [0.29, 0.717) is 0 Å². The first-order valence-electron chi connectivity index (χ1n) is 7.21. The third kappa shape index (κ3) is 2.88. The number of aryl methyl sites for hydroxylation is 1. The Bertz CT molecular complexity index is 781. The van der Waals surface area contributed by atoms with Gasteiger partial charge in [-0.25, -0.2) is 0 Å². The van der Waals surface area contributed by atoms with E-state index in [0.717, 1.165) is 35.4 Å². The molecule has 108 valence electrons. The van der Waals surface area contributed by atoms with Gasteiger partial charge < -0.3 is 9.73 Å². The first-order chi connectivity index (χ1) is 10.2. The lowest BCUT2D eigenvalue weighted by Crippen LogP contribution is -2.11. The zero-order valence-corrected chi connectivity index (χ0v) is 13.2. The number of hydrogen-bond donors (Lipinski definition) is 1. The third-order valence-corrected chi connectivity index (χ3v) is 4.48. The highest BCUT2D eigenvalue weighted by Crippen LogP contribution is 2.32.